The molecule has 1 aromatic rings. The van der Waals surface area contributed by atoms with Gasteiger partial charge in [-0.05, 0) is 38.1 Å². The molecule has 0 fully saturated rings. The lowest BCUT2D eigenvalue weighted by molar-refractivity contribution is 0.186. The van der Waals surface area contributed by atoms with E-state index in [-0.39, 0.29) is 0 Å². The first-order chi connectivity index (χ1) is 9.10. The van der Waals surface area contributed by atoms with Crippen LogP contribution in [0.4, 0.5) is 0 Å². The lowest BCUT2D eigenvalue weighted by Gasteiger charge is -2.34. The average molecular weight is 280 g/mol. The number of nitrogens with two attached hydrogens (primary N) is 1. The summed E-state index contributed by atoms with van der Waals surface area (Å²) >= 11 is 1.90. The number of hydrogen-bond donors (Lipinski definition) is 1. The maximum absolute atomic E-state index is 5.99. The zero-order valence-corrected chi connectivity index (χ0v) is 13.5. The molecule has 0 saturated carbocycles. The van der Waals surface area contributed by atoms with E-state index in [1.54, 1.807) is 0 Å². The first-order valence-electron chi connectivity index (χ1n) is 7.06. The molecule has 0 aliphatic carbocycles. The number of rotatable bonds is 8. The number of nitrogens with zero attached hydrogens (tertiary/aromatic N) is 1. The second-order valence-electron chi connectivity index (χ2n) is 5.41. The number of hydrogen-bond acceptors (Lipinski definition) is 3. The summed E-state index contributed by atoms with van der Waals surface area (Å²) in [6.45, 7) is 5.31. The molecule has 3 heteroatoms. The zero-order chi connectivity index (χ0) is 14.3. The summed E-state index contributed by atoms with van der Waals surface area (Å²) < 4.78 is 0. The maximum Gasteiger partial charge on any atom is 0.0224 e. The number of benzene rings is 1. The smallest absolute Gasteiger partial charge is 0.0224 e. The van der Waals surface area contributed by atoms with Gasteiger partial charge in [0.25, 0.3) is 0 Å². The Balaban J connectivity index is 2.61. The van der Waals surface area contributed by atoms with Gasteiger partial charge in [-0.25, -0.2) is 0 Å². The van der Waals surface area contributed by atoms with E-state index < -0.39 is 0 Å². The molecular weight excluding hydrogens is 252 g/mol. The SMILES string of the molecule is CSCC(C)N(C)C(CN)CC(C)c1ccccc1. The number of thioether (sulfide) groups is 1. The van der Waals surface area contributed by atoms with Gasteiger partial charge >= 0.3 is 0 Å². The van der Waals surface area contributed by atoms with Crippen LogP contribution in [0.3, 0.4) is 0 Å². The summed E-state index contributed by atoms with van der Waals surface area (Å²) in [5.41, 5.74) is 7.39. The first-order valence-corrected chi connectivity index (χ1v) is 8.45. The third-order valence-electron chi connectivity index (χ3n) is 3.95. The molecule has 1 rings (SSSR count). The molecule has 1 aromatic carbocycles. The summed E-state index contributed by atoms with van der Waals surface area (Å²) in [6, 6.07) is 11.8. The van der Waals surface area contributed by atoms with Crippen molar-refractivity contribution in [3.8, 4) is 0 Å². The minimum atomic E-state index is 0.456. The first kappa shape index (κ1) is 16.5. The molecule has 108 valence electrons. The molecule has 2 N–H and O–H groups in total. The molecule has 2 nitrogen and oxygen atoms in total. The highest BCUT2D eigenvalue weighted by Gasteiger charge is 2.21. The van der Waals surface area contributed by atoms with Crippen molar-refractivity contribution >= 4 is 11.8 Å². The second-order valence-corrected chi connectivity index (χ2v) is 6.32. The molecule has 0 aliphatic heterocycles. The minimum absolute atomic E-state index is 0.456. The molecule has 0 radical (unpaired) electrons. The molecule has 0 aliphatic rings. The molecule has 3 unspecified atom stereocenters. The summed E-state index contributed by atoms with van der Waals surface area (Å²) in [5.74, 6) is 1.71. The lowest BCUT2D eigenvalue weighted by atomic mass is 9.93. The van der Waals surface area contributed by atoms with Gasteiger partial charge in [0.05, 0.1) is 0 Å². The van der Waals surface area contributed by atoms with Gasteiger partial charge < -0.3 is 5.73 Å². The van der Waals surface area contributed by atoms with Gasteiger partial charge in [0.2, 0.25) is 0 Å². The van der Waals surface area contributed by atoms with Gasteiger partial charge in [0.1, 0.15) is 0 Å². The number of likely N-dealkylation sites (N-methyl/N-ethyl adjacent to an activating group) is 1. The van der Waals surface area contributed by atoms with Crippen molar-refractivity contribution in [3.63, 3.8) is 0 Å². The average Bonchev–Trinajstić information content (AvgIpc) is 2.45. The quantitative estimate of drug-likeness (QED) is 0.793. The Morgan fingerprint density at radius 2 is 1.84 bits per heavy atom. The van der Waals surface area contributed by atoms with Gasteiger partial charge in [-0.2, -0.15) is 11.8 Å². The van der Waals surface area contributed by atoms with Crippen LogP contribution in [-0.4, -0.2) is 42.6 Å². The summed E-state index contributed by atoms with van der Waals surface area (Å²) in [4.78, 5) is 2.44. The Labute approximate surface area is 122 Å². The van der Waals surface area contributed by atoms with Crippen molar-refractivity contribution in [2.45, 2.75) is 38.3 Å². The van der Waals surface area contributed by atoms with E-state index in [9.17, 15) is 0 Å². The maximum atomic E-state index is 5.99. The molecule has 19 heavy (non-hydrogen) atoms. The van der Waals surface area contributed by atoms with Crippen LogP contribution in [0.2, 0.25) is 0 Å². The van der Waals surface area contributed by atoms with Crippen LogP contribution in [-0.2, 0) is 0 Å². The van der Waals surface area contributed by atoms with Crippen molar-refractivity contribution in [2.24, 2.45) is 5.73 Å². The Bertz CT molecular complexity index is 342. The highest BCUT2D eigenvalue weighted by atomic mass is 32.2. The molecule has 3 atom stereocenters. The van der Waals surface area contributed by atoms with Gasteiger partial charge in [0.15, 0.2) is 0 Å². The second kappa shape index (κ2) is 8.62. The Morgan fingerprint density at radius 3 is 2.37 bits per heavy atom. The van der Waals surface area contributed by atoms with E-state index >= 15 is 0 Å². The van der Waals surface area contributed by atoms with Crippen LogP contribution in [0.5, 0.6) is 0 Å². The predicted octanol–water partition coefficient (Wildman–Crippen LogP) is 3.19. The lowest BCUT2D eigenvalue weighted by Crippen LogP contribution is -2.44. The van der Waals surface area contributed by atoms with Gasteiger partial charge in [0, 0.05) is 24.4 Å². The van der Waals surface area contributed by atoms with E-state index in [2.05, 4.69) is 62.4 Å². The Kier molecular flexibility index (Phi) is 7.51. The van der Waals surface area contributed by atoms with E-state index in [0.717, 1.165) is 18.7 Å². The highest BCUT2D eigenvalue weighted by Crippen LogP contribution is 2.23. The minimum Gasteiger partial charge on any atom is -0.329 e. The van der Waals surface area contributed by atoms with Crippen molar-refractivity contribution in [2.75, 3.05) is 25.6 Å². The van der Waals surface area contributed by atoms with Crippen LogP contribution in [0.25, 0.3) is 0 Å². The fourth-order valence-electron chi connectivity index (χ4n) is 2.47. The summed E-state index contributed by atoms with van der Waals surface area (Å²) in [7, 11) is 2.20. The molecule has 0 amide bonds. The van der Waals surface area contributed by atoms with Crippen LogP contribution in [0.1, 0.15) is 31.7 Å². The fraction of sp³-hybridized carbons (Fsp3) is 0.625. The molecular formula is C16H28N2S. The van der Waals surface area contributed by atoms with Crippen molar-refractivity contribution in [3.05, 3.63) is 35.9 Å². The van der Waals surface area contributed by atoms with Crippen LogP contribution >= 0.6 is 11.8 Å². The van der Waals surface area contributed by atoms with Crippen molar-refractivity contribution < 1.29 is 0 Å². The molecule has 0 bridgehead atoms. The van der Waals surface area contributed by atoms with E-state index in [4.69, 9.17) is 5.73 Å². The van der Waals surface area contributed by atoms with Gasteiger partial charge in [-0.1, -0.05) is 37.3 Å². The summed E-state index contributed by atoms with van der Waals surface area (Å²) in [6.07, 6.45) is 3.28. The van der Waals surface area contributed by atoms with Crippen molar-refractivity contribution in [1.82, 2.24) is 4.90 Å². The van der Waals surface area contributed by atoms with Crippen LogP contribution in [0, 0.1) is 0 Å². The van der Waals surface area contributed by atoms with Gasteiger partial charge in [-0.15, -0.1) is 0 Å². The zero-order valence-electron chi connectivity index (χ0n) is 12.7. The van der Waals surface area contributed by atoms with Crippen LogP contribution < -0.4 is 5.73 Å². The topological polar surface area (TPSA) is 29.3 Å². The monoisotopic (exact) mass is 280 g/mol. The molecule has 0 spiro atoms. The van der Waals surface area contributed by atoms with Gasteiger partial charge in [-0.3, -0.25) is 4.90 Å². The predicted molar refractivity (Wildman–Crippen MR) is 87.9 cm³/mol. The van der Waals surface area contributed by atoms with Crippen molar-refractivity contribution in [1.29, 1.82) is 0 Å². The van der Waals surface area contributed by atoms with E-state index in [1.807, 2.05) is 11.8 Å². The normalized spacial score (nSPS) is 16.3. The van der Waals surface area contributed by atoms with E-state index in [0.29, 0.717) is 18.0 Å². The Hall–Kier alpha value is -0.510. The van der Waals surface area contributed by atoms with E-state index in [1.165, 1.54) is 5.56 Å². The third-order valence-corrected chi connectivity index (χ3v) is 4.76. The largest absolute Gasteiger partial charge is 0.329 e. The molecule has 0 aromatic heterocycles. The Morgan fingerprint density at radius 1 is 1.21 bits per heavy atom. The summed E-state index contributed by atoms with van der Waals surface area (Å²) in [5, 5.41) is 0. The van der Waals surface area contributed by atoms with Crippen LogP contribution in [0.15, 0.2) is 30.3 Å². The molecule has 0 saturated heterocycles. The molecule has 0 heterocycles. The fourth-order valence-corrected chi connectivity index (χ4v) is 3.19. The third kappa shape index (κ3) is 5.17. The highest BCUT2D eigenvalue weighted by molar-refractivity contribution is 7.98. The standard InChI is InChI=1S/C16H28N2S/c1-13(15-8-6-5-7-9-15)10-16(11-17)18(3)14(2)12-19-4/h5-9,13-14,16H,10-12,17H2,1-4H3.